The van der Waals surface area contributed by atoms with Gasteiger partial charge in [-0.05, 0) is 35.0 Å². The van der Waals surface area contributed by atoms with E-state index in [9.17, 15) is 9.59 Å². The van der Waals surface area contributed by atoms with Crippen LogP contribution in [0.2, 0.25) is 0 Å². The Morgan fingerprint density at radius 3 is 1.33 bits per heavy atom. The highest BCUT2D eigenvalue weighted by atomic mass is 16.6. The van der Waals surface area contributed by atoms with Gasteiger partial charge in [0.2, 0.25) is 0 Å². The molecule has 0 N–H and O–H groups in total. The first kappa shape index (κ1) is 30.2. The molecule has 0 aromatic heterocycles. The highest BCUT2D eigenvalue weighted by Gasteiger charge is 2.08. The van der Waals surface area contributed by atoms with E-state index in [0.717, 1.165) is 10.8 Å². The summed E-state index contributed by atoms with van der Waals surface area (Å²) in [6, 6.07) is 22.2. The third kappa shape index (κ3) is 12.4. The van der Waals surface area contributed by atoms with Crippen LogP contribution in [0.15, 0.2) is 72.8 Å². The van der Waals surface area contributed by atoms with Gasteiger partial charge in [0.1, 0.15) is 13.2 Å². The summed E-state index contributed by atoms with van der Waals surface area (Å²) >= 11 is 0. The number of carbonyl (C=O) groups is 2. The molecule has 0 radical (unpaired) electrons. The topological polar surface area (TPSA) is 98.8 Å². The standard InChI is InChI=1S/C30H36O9/c31-29(26-7-2-1-3-8-26)38-22-20-36-18-16-34-14-12-33-13-15-35-17-19-37-21-23-39-30(32)28-11-10-25-6-4-5-9-27(25)24-28/h1-11,24H,12-23H2. The van der Waals surface area contributed by atoms with Crippen LogP contribution >= 0.6 is 0 Å². The van der Waals surface area contributed by atoms with Gasteiger partial charge in [-0.1, -0.05) is 48.5 Å². The van der Waals surface area contributed by atoms with Crippen LogP contribution in [0.4, 0.5) is 0 Å². The Morgan fingerprint density at radius 1 is 0.410 bits per heavy atom. The first-order valence-electron chi connectivity index (χ1n) is 13.0. The molecule has 0 unspecified atom stereocenters. The molecule has 0 aliphatic rings. The Morgan fingerprint density at radius 2 is 0.821 bits per heavy atom. The van der Waals surface area contributed by atoms with Crippen molar-refractivity contribution in [2.24, 2.45) is 0 Å². The molecular formula is C30H36O9. The minimum atomic E-state index is -0.365. The molecule has 0 saturated carbocycles. The smallest absolute Gasteiger partial charge is 0.338 e. The number of benzene rings is 3. The van der Waals surface area contributed by atoms with Crippen molar-refractivity contribution in [1.29, 1.82) is 0 Å². The number of esters is 2. The molecule has 0 bridgehead atoms. The summed E-state index contributed by atoms with van der Waals surface area (Å²) in [7, 11) is 0. The van der Waals surface area contributed by atoms with Gasteiger partial charge in [0.25, 0.3) is 0 Å². The highest BCUT2D eigenvalue weighted by Crippen LogP contribution is 2.16. The number of ether oxygens (including phenoxy) is 7. The summed E-state index contributed by atoms with van der Waals surface area (Å²) < 4.78 is 37.5. The summed E-state index contributed by atoms with van der Waals surface area (Å²) in [5, 5.41) is 2.08. The molecule has 9 nitrogen and oxygen atoms in total. The first-order chi connectivity index (χ1) is 19.2. The van der Waals surface area contributed by atoms with E-state index in [4.69, 9.17) is 33.2 Å². The predicted molar refractivity (Wildman–Crippen MR) is 145 cm³/mol. The van der Waals surface area contributed by atoms with Crippen molar-refractivity contribution in [3.8, 4) is 0 Å². The zero-order valence-corrected chi connectivity index (χ0v) is 22.1. The fourth-order valence-electron chi connectivity index (χ4n) is 3.43. The van der Waals surface area contributed by atoms with Gasteiger partial charge >= 0.3 is 11.9 Å². The van der Waals surface area contributed by atoms with Crippen LogP contribution in [-0.2, 0) is 33.2 Å². The predicted octanol–water partition coefficient (Wildman–Crippen LogP) is 3.94. The molecule has 0 saturated heterocycles. The molecule has 210 valence electrons. The number of hydrogen-bond acceptors (Lipinski definition) is 9. The maximum absolute atomic E-state index is 12.2. The lowest BCUT2D eigenvalue weighted by molar-refractivity contribution is -0.0180. The van der Waals surface area contributed by atoms with E-state index in [1.165, 1.54) is 0 Å². The fourth-order valence-corrected chi connectivity index (χ4v) is 3.43. The summed E-state index contributed by atoms with van der Waals surface area (Å²) in [6.45, 7) is 4.48. The second kappa shape index (κ2) is 18.8. The number of fused-ring (bicyclic) bond motifs is 1. The highest BCUT2D eigenvalue weighted by molar-refractivity contribution is 5.95. The van der Waals surface area contributed by atoms with Crippen molar-refractivity contribution < 1.29 is 42.7 Å². The quantitative estimate of drug-likeness (QED) is 0.156. The van der Waals surface area contributed by atoms with Crippen molar-refractivity contribution in [2.45, 2.75) is 0 Å². The zero-order valence-electron chi connectivity index (χ0n) is 22.1. The molecule has 0 aliphatic carbocycles. The van der Waals surface area contributed by atoms with Gasteiger partial charge in [-0.2, -0.15) is 0 Å². The van der Waals surface area contributed by atoms with E-state index in [1.54, 1.807) is 30.3 Å². The molecule has 39 heavy (non-hydrogen) atoms. The number of hydrogen-bond donors (Lipinski definition) is 0. The largest absolute Gasteiger partial charge is 0.460 e. The Bertz CT molecular complexity index is 1100. The molecule has 0 heterocycles. The molecule has 3 aromatic rings. The molecule has 0 fully saturated rings. The molecule has 3 rings (SSSR count). The van der Waals surface area contributed by atoms with Crippen molar-refractivity contribution in [3.05, 3.63) is 83.9 Å². The van der Waals surface area contributed by atoms with E-state index in [2.05, 4.69) is 0 Å². The van der Waals surface area contributed by atoms with Crippen molar-refractivity contribution in [3.63, 3.8) is 0 Å². The van der Waals surface area contributed by atoms with Gasteiger partial charge in [-0.3, -0.25) is 0 Å². The lowest BCUT2D eigenvalue weighted by Crippen LogP contribution is -2.15. The molecule has 3 aromatic carbocycles. The molecular weight excluding hydrogens is 504 g/mol. The molecule has 9 heteroatoms. The van der Waals surface area contributed by atoms with Gasteiger partial charge in [-0.15, -0.1) is 0 Å². The van der Waals surface area contributed by atoms with Gasteiger partial charge in [0.05, 0.1) is 77.2 Å². The maximum Gasteiger partial charge on any atom is 0.338 e. The van der Waals surface area contributed by atoms with E-state index < -0.39 is 0 Å². The molecule has 0 amide bonds. The first-order valence-corrected chi connectivity index (χ1v) is 13.0. The molecule has 0 aliphatic heterocycles. The van der Waals surface area contributed by atoms with Crippen LogP contribution in [0.5, 0.6) is 0 Å². The van der Waals surface area contributed by atoms with E-state index >= 15 is 0 Å². The van der Waals surface area contributed by atoms with Crippen LogP contribution in [0, 0.1) is 0 Å². The molecule has 0 atom stereocenters. The third-order valence-electron chi connectivity index (χ3n) is 5.40. The Labute approximate surface area is 228 Å². The Balaban J connectivity index is 1.03. The number of rotatable bonds is 20. The van der Waals surface area contributed by atoms with Crippen LogP contribution < -0.4 is 0 Å². The van der Waals surface area contributed by atoms with Crippen LogP contribution in [0.1, 0.15) is 20.7 Å². The summed E-state index contributed by atoms with van der Waals surface area (Å²) in [5.74, 6) is -0.726. The van der Waals surface area contributed by atoms with Crippen LogP contribution in [0.3, 0.4) is 0 Å². The maximum atomic E-state index is 12.2. The Hall–Kier alpha value is -3.34. The minimum Gasteiger partial charge on any atom is -0.460 e. The number of carbonyl (C=O) groups excluding carboxylic acids is 2. The summed E-state index contributed by atoms with van der Waals surface area (Å²) in [4.78, 5) is 23.9. The second-order valence-electron chi connectivity index (χ2n) is 8.26. The Kier molecular flexibility index (Phi) is 14.6. The summed E-state index contributed by atoms with van der Waals surface area (Å²) in [6.07, 6.45) is 0. The van der Waals surface area contributed by atoms with E-state index in [-0.39, 0.29) is 25.2 Å². The van der Waals surface area contributed by atoms with E-state index in [0.29, 0.717) is 77.2 Å². The monoisotopic (exact) mass is 540 g/mol. The van der Waals surface area contributed by atoms with E-state index in [1.807, 2.05) is 42.5 Å². The average Bonchev–Trinajstić information content (AvgIpc) is 2.98. The SMILES string of the molecule is O=C(OCCOCCOCCOCCOCCOCCOC(=O)c1ccc2ccccc2c1)c1ccccc1. The zero-order chi connectivity index (χ0) is 27.4. The van der Waals surface area contributed by atoms with Crippen molar-refractivity contribution >= 4 is 22.7 Å². The lowest BCUT2D eigenvalue weighted by atomic mass is 10.1. The average molecular weight is 541 g/mol. The third-order valence-corrected chi connectivity index (χ3v) is 5.40. The lowest BCUT2D eigenvalue weighted by Gasteiger charge is -2.09. The fraction of sp³-hybridized carbons (Fsp3) is 0.400. The van der Waals surface area contributed by atoms with Crippen molar-refractivity contribution in [2.75, 3.05) is 79.3 Å². The minimum absolute atomic E-state index is 0.182. The van der Waals surface area contributed by atoms with Gasteiger partial charge in [-0.25, -0.2) is 9.59 Å². The van der Waals surface area contributed by atoms with Crippen LogP contribution in [-0.4, -0.2) is 91.2 Å². The summed E-state index contributed by atoms with van der Waals surface area (Å²) in [5.41, 5.74) is 1.04. The molecule has 0 spiro atoms. The van der Waals surface area contributed by atoms with Gasteiger partial charge < -0.3 is 33.2 Å². The second-order valence-corrected chi connectivity index (χ2v) is 8.26. The van der Waals surface area contributed by atoms with Crippen LogP contribution in [0.25, 0.3) is 10.8 Å². The van der Waals surface area contributed by atoms with Gasteiger partial charge in [0.15, 0.2) is 0 Å². The van der Waals surface area contributed by atoms with Crippen molar-refractivity contribution in [1.82, 2.24) is 0 Å². The normalized spacial score (nSPS) is 11.0. The van der Waals surface area contributed by atoms with Gasteiger partial charge in [0, 0.05) is 0 Å².